The molecule has 0 aliphatic carbocycles. The van der Waals surface area contributed by atoms with Crippen LogP contribution in [0, 0.1) is 6.92 Å². The van der Waals surface area contributed by atoms with Gasteiger partial charge in [0.15, 0.2) is 0 Å². The standard InChI is InChI=1S/C19H24N2/c1-15-6-8-16(9-7-15)17-10-12-21(13-11-17)14-18-4-2-3-5-19(18)20/h2-9,17H,10-14,20H2,1H3. The van der Waals surface area contributed by atoms with Gasteiger partial charge in [-0.2, -0.15) is 0 Å². The Morgan fingerprint density at radius 2 is 1.67 bits per heavy atom. The van der Waals surface area contributed by atoms with E-state index >= 15 is 0 Å². The summed E-state index contributed by atoms with van der Waals surface area (Å²) in [4.78, 5) is 2.52. The Hall–Kier alpha value is -1.80. The molecule has 0 radical (unpaired) electrons. The zero-order chi connectivity index (χ0) is 14.7. The third-order valence-electron chi connectivity index (χ3n) is 4.59. The van der Waals surface area contributed by atoms with Crippen molar-refractivity contribution >= 4 is 5.69 Å². The second-order valence-electron chi connectivity index (χ2n) is 6.16. The maximum absolute atomic E-state index is 6.04. The second-order valence-corrected chi connectivity index (χ2v) is 6.16. The maximum Gasteiger partial charge on any atom is 0.0359 e. The zero-order valence-corrected chi connectivity index (χ0v) is 12.8. The van der Waals surface area contributed by atoms with E-state index in [1.54, 1.807) is 0 Å². The van der Waals surface area contributed by atoms with Gasteiger partial charge in [-0.05, 0) is 56.0 Å². The number of benzene rings is 2. The fourth-order valence-electron chi connectivity index (χ4n) is 3.18. The van der Waals surface area contributed by atoms with Gasteiger partial charge < -0.3 is 5.73 Å². The van der Waals surface area contributed by atoms with Crippen molar-refractivity contribution in [2.24, 2.45) is 0 Å². The number of rotatable bonds is 3. The molecule has 2 aromatic carbocycles. The van der Waals surface area contributed by atoms with Gasteiger partial charge in [0, 0.05) is 12.2 Å². The molecule has 0 amide bonds. The SMILES string of the molecule is Cc1ccc(C2CCN(Cc3ccccc3N)CC2)cc1. The molecule has 1 heterocycles. The lowest BCUT2D eigenvalue weighted by atomic mass is 9.89. The lowest BCUT2D eigenvalue weighted by Gasteiger charge is -2.32. The molecular weight excluding hydrogens is 256 g/mol. The van der Waals surface area contributed by atoms with Crippen LogP contribution >= 0.6 is 0 Å². The summed E-state index contributed by atoms with van der Waals surface area (Å²) in [7, 11) is 0. The Morgan fingerprint density at radius 3 is 2.33 bits per heavy atom. The van der Waals surface area contributed by atoms with Crippen molar-refractivity contribution < 1.29 is 0 Å². The first-order valence-electron chi connectivity index (χ1n) is 7.84. The summed E-state index contributed by atoms with van der Waals surface area (Å²) in [5.41, 5.74) is 11.1. The minimum absolute atomic E-state index is 0.718. The van der Waals surface area contributed by atoms with E-state index in [0.717, 1.165) is 31.2 Å². The lowest BCUT2D eigenvalue weighted by Crippen LogP contribution is -2.32. The van der Waals surface area contributed by atoms with Gasteiger partial charge in [-0.1, -0.05) is 48.0 Å². The van der Waals surface area contributed by atoms with Crippen molar-refractivity contribution in [2.75, 3.05) is 18.8 Å². The highest BCUT2D eigenvalue weighted by Crippen LogP contribution is 2.29. The Morgan fingerprint density at radius 1 is 1.00 bits per heavy atom. The normalized spacial score (nSPS) is 17.0. The Labute approximate surface area is 127 Å². The molecule has 0 atom stereocenters. The van der Waals surface area contributed by atoms with E-state index in [4.69, 9.17) is 5.73 Å². The molecule has 1 fully saturated rings. The third kappa shape index (κ3) is 3.45. The lowest BCUT2D eigenvalue weighted by molar-refractivity contribution is 0.205. The molecule has 0 saturated carbocycles. The maximum atomic E-state index is 6.04. The summed E-state index contributed by atoms with van der Waals surface area (Å²) in [6, 6.07) is 17.3. The molecule has 0 aromatic heterocycles. The van der Waals surface area contributed by atoms with Crippen molar-refractivity contribution in [1.82, 2.24) is 4.90 Å². The third-order valence-corrected chi connectivity index (χ3v) is 4.59. The number of likely N-dealkylation sites (tertiary alicyclic amines) is 1. The largest absolute Gasteiger partial charge is 0.398 e. The van der Waals surface area contributed by atoms with E-state index in [2.05, 4.69) is 48.2 Å². The zero-order valence-electron chi connectivity index (χ0n) is 12.8. The highest BCUT2D eigenvalue weighted by Gasteiger charge is 2.20. The van der Waals surface area contributed by atoms with E-state index in [-0.39, 0.29) is 0 Å². The first kappa shape index (κ1) is 14.2. The number of anilines is 1. The molecule has 2 N–H and O–H groups in total. The predicted molar refractivity (Wildman–Crippen MR) is 89.3 cm³/mol. The van der Waals surface area contributed by atoms with Gasteiger partial charge in [-0.3, -0.25) is 4.90 Å². The van der Waals surface area contributed by atoms with Crippen LogP contribution < -0.4 is 5.73 Å². The van der Waals surface area contributed by atoms with Gasteiger partial charge in [0.2, 0.25) is 0 Å². The van der Waals surface area contributed by atoms with E-state index in [9.17, 15) is 0 Å². The molecule has 0 bridgehead atoms. The van der Waals surface area contributed by atoms with Gasteiger partial charge >= 0.3 is 0 Å². The number of hydrogen-bond donors (Lipinski definition) is 1. The van der Waals surface area contributed by atoms with Crippen LogP contribution in [0.2, 0.25) is 0 Å². The highest BCUT2D eigenvalue weighted by atomic mass is 15.1. The number of aryl methyl sites for hydroxylation is 1. The fourth-order valence-corrected chi connectivity index (χ4v) is 3.18. The fraction of sp³-hybridized carbons (Fsp3) is 0.368. The van der Waals surface area contributed by atoms with Crippen LogP contribution in [0.1, 0.15) is 35.4 Å². The van der Waals surface area contributed by atoms with Crippen LogP contribution in [-0.2, 0) is 6.54 Å². The van der Waals surface area contributed by atoms with Crippen molar-refractivity contribution in [3.05, 3.63) is 65.2 Å². The van der Waals surface area contributed by atoms with Crippen LogP contribution in [0.5, 0.6) is 0 Å². The first-order valence-corrected chi connectivity index (χ1v) is 7.84. The van der Waals surface area contributed by atoms with Gasteiger partial charge in [-0.15, -0.1) is 0 Å². The van der Waals surface area contributed by atoms with Crippen LogP contribution in [0.25, 0.3) is 0 Å². The number of nitrogen functional groups attached to an aromatic ring is 1. The summed E-state index contributed by atoms with van der Waals surface area (Å²) in [6.07, 6.45) is 2.49. The summed E-state index contributed by atoms with van der Waals surface area (Å²) >= 11 is 0. The number of nitrogens with zero attached hydrogens (tertiary/aromatic N) is 1. The quantitative estimate of drug-likeness (QED) is 0.862. The van der Waals surface area contributed by atoms with Crippen molar-refractivity contribution in [1.29, 1.82) is 0 Å². The van der Waals surface area contributed by atoms with E-state index in [1.165, 1.54) is 29.5 Å². The molecule has 2 heteroatoms. The first-order chi connectivity index (χ1) is 10.2. The second kappa shape index (κ2) is 6.31. The van der Waals surface area contributed by atoms with E-state index in [0.29, 0.717) is 0 Å². The van der Waals surface area contributed by atoms with E-state index < -0.39 is 0 Å². The molecule has 1 saturated heterocycles. The van der Waals surface area contributed by atoms with E-state index in [1.807, 2.05) is 12.1 Å². The summed E-state index contributed by atoms with van der Waals surface area (Å²) in [5.74, 6) is 0.718. The summed E-state index contributed by atoms with van der Waals surface area (Å²) in [5, 5.41) is 0. The van der Waals surface area contributed by atoms with Crippen LogP contribution in [-0.4, -0.2) is 18.0 Å². The topological polar surface area (TPSA) is 29.3 Å². The molecular formula is C19H24N2. The Balaban J connectivity index is 1.58. The molecule has 3 rings (SSSR count). The predicted octanol–water partition coefficient (Wildman–Crippen LogP) is 3.96. The molecule has 0 unspecified atom stereocenters. The molecule has 2 nitrogen and oxygen atoms in total. The summed E-state index contributed by atoms with van der Waals surface area (Å²) < 4.78 is 0. The van der Waals surface area contributed by atoms with Gasteiger partial charge in [0.05, 0.1) is 0 Å². The molecule has 1 aliphatic rings. The van der Waals surface area contributed by atoms with Crippen LogP contribution in [0.3, 0.4) is 0 Å². The van der Waals surface area contributed by atoms with Crippen LogP contribution in [0.15, 0.2) is 48.5 Å². The number of hydrogen-bond acceptors (Lipinski definition) is 2. The monoisotopic (exact) mass is 280 g/mol. The van der Waals surface area contributed by atoms with Gasteiger partial charge in [-0.25, -0.2) is 0 Å². The molecule has 1 aliphatic heterocycles. The number of nitrogens with two attached hydrogens (primary N) is 1. The average molecular weight is 280 g/mol. The number of piperidine rings is 1. The van der Waals surface area contributed by atoms with Crippen molar-refractivity contribution in [2.45, 2.75) is 32.2 Å². The summed E-state index contributed by atoms with van der Waals surface area (Å²) in [6.45, 7) is 5.45. The highest BCUT2D eigenvalue weighted by molar-refractivity contribution is 5.46. The van der Waals surface area contributed by atoms with Crippen LogP contribution in [0.4, 0.5) is 5.69 Å². The van der Waals surface area contributed by atoms with Gasteiger partial charge in [0.1, 0.15) is 0 Å². The Bertz CT molecular complexity index is 581. The molecule has 2 aromatic rings. The Kier molecular flexibility index (Phi) is 4.26. The molecule has 21 heavy (non-hydrogen) atoms. The minimum Gasteiger partial charge on any atom is -0.398 e. The van der Waals surface area contributed by atoms with Crippen molar-refractivity contribution in [3.63, 3.8) is 0 Å². The smallest absolute Gasteiger partial charge is 0.0359 e. The van der Waals surface area contributed by atoms with Crippen molar-refractivity contribution in [3.8, 4) is 0 Å². The molecule has 0 spiro atoms. The average Bonchev–Trinajstić information content (AvgIpc) is 2.51. The molecule has 110 valence electrons. The number of para-hydroxylation sites is 1. The minimum atomic E-state index is 0.718. The van der Waals surface area contributed by atoms with Gasteiger partial charge in [0.25, 0.3) is 0 Å².